The van der Waals surface area contributed by atoms with Crippen molar-refractivity contribution in [2.45, 2.75) is 13.0 Å². The Kier molecular flexibility index (Phi) is 6.64. The summed E-state index contributed by atoms with van der Waals surface area (Å²) in [6, 6.07) is 7.53. The largest absolute Gasteiger partial charge is 0.495 e. The molecule has 1 amide bonds. The number of anilines is 2. The maximum Gasteiger partial charge on any atom is 0.246 e. The molecule has 0 saturated carbocycles. The van der Waals surface area contributed by atoms with Crippen LogP contribution in [-0.2, 0) is 4.79 Å². The molecule has 0 aromatic heterocycles. The molecular formula is C17H17Cl3N2O3. The molecule has 1 atom stereocenters. The van der Waals surface area contributed by atoms with Crippen LogP contribution in [0.5, 0.6) is 11.5 Å². The van der Waals surface area contributed by atoms with Gasteiger partial charge in [-0.05, 0) is 31.2 Å². The predicted molar refractivity (Wildman–Crippen MR) is 103 cm³/mol. The van der Waals surface area contributed by atoms with Crippen LogP contribution in [0.4, 0.5) is 11.4 Å². The van der Waals surface area contributed by atoms with Crippen molar-refractivity contribution in [3.05, 3.63) is 45.4 Å². The third kappa shape index (κ3) is 4.84. The molecule has 0 bridgehead atoms. The summed E-state index contributed by atoms with van der Waals surface area (Å²) in [5, 5.41) is 7.06. The van der Waals surface area contributed by atoms with Crippen molar-refractivity contribution in [3.63, 3.8) is 0 Å². The highest BCUT2D eigenvalue weighted by Crippen LogP contribution is 2.36. The number of hydrogen-bond donors (Lipinski definition) is 2. The number of ether oxygens (including phenoxy) is 2. The Morgan fingerprint density at radius 3 is 2.28 bits per heavy atom. The van der Waals surface area contributed by atoms with E-state index in [0.29, 0.717) is 37.9 Å². The second-order valence-corrected chi connectivity index (χ2v) is 6.42. The monoisotopic (exact) mass is 402 g/mol. The number of rotatable bonds is 6. The van der Waals surface area contributed by atoms with Gasteiger partial charge in [0.15, 0.2) is 0 Å². The van der Waals surface area contributed by atoms with Crippen LogP contribution < -0.4 is 20.1 Å². The zero-order chi connectivity index (χ0) is 18.6. The normalized spacial score (nSPS) is 11.6. The van der Waals surface area contributed by atoms with Gasteiger partial charge in [0.25, 0.3) is 0 Å². The van der Waals surface area contributed by atoms with E-state index in [9.17, 15) is 4.79 Å². The Morgan fingerprint density at radius 1 is 0.960 bits per heavy atom. The summed E-state index contributed by atoms with van der Waals surface area (Å²) in [4.78, 5) is 12.4. The van der Waals surface area contributed by atoms with E-state index in [1.54, 1.807) is 37.3 Å². The Morgan fingerprint density at radius 2 is 1.64 bits per heavy atom. The lowest BCUT2D eigenvalue weighted by molar-refractivity contribution is -0.116. The summed E-state index contributed by atoms with van der Waals surface area (Å²) < 4.78 is 10.5. The van der Waals surface area contributed by atoms with Crippen LogP contribution >= 0.6 is 34.8 Å². The zero-order valence-electron chi connectivity index (χ0n) is 13.8. The molecule has 0 aliphatic heterocycles. The number of halogens is 3. The van der Waals surface area contributed by atoms with Crippen molar-refractivity contribution in [2.24, 2.45) is 0 Å². The Balaban J connectivity index is 2.16. The van der Waals surface area contributed by atoms with Crippen LogP contribution in [0, 0.1) is 0 Å². The molecule has 0 saturated heterocycles. The van der Waals surface area contributed by atoms with E-state index in [1.165, 1.54) is 14.2 Å². The number of carbonyl (C=O) groups excluding carboxylic acids is 1. The third-order valence-electron chi connectivity index (χ3n) is 3.43. The van der Waals surface area contributed by atoms with Crippen LogP contribution in [0.15, 0.2) is 30.3 Å². The fourth-order valence-electron chi connectivity index (χ4n) is 2.11. The van der Waals surface area contributed by atoms with Crippen molar-refractivity contribution in [1.29, 1.82) is 0 Å². The second kappa shape index (κ2) is 8.52. The molecule has 0 aliphatic rings. The highest BCUT2D eigenvalue weighted by molar-refractivity contribution is 6.35. The lowest BCUT2D eigenvalue weighted by atomic mass is 10.2. The van der Waals surface area contributed by atoms with Crippen LogP contribution in [0.3, 0.4) is 0 Å². The second-order valence-electron chi connectivity index (χ2n) is 5.17. The van der Waals surface area contributed by atoms with Gasteiger partial charge in [-0.15, -0.1) is 0 Å². The van der Waals surface area contributed by atoms with Crippen molar-refractivity contribution < 1.29 is 14.3 Å². The van der Waals surface area contributed by atoms with E-state index >= 15 is 0 Å². The third-order valence-corrected chi connectivity index (χ3v) is 4.29. The summed E-state index contributed by atoms with van der Waals surface area (Å²) in [5.74, 6) is 0.687. The van der Waals surface area contributed by atoms with Gasteiger partial charge in [0, 0.05) is 11.1 Å². The highest BCUT2D eigenvalue weighted by atomic mass is 35.5. The first kappa shape index (κ1) is 19.5. The van der Waals surface area contributed by atoms with Crippen molar-refractivity contribution in [1.82, 2.24) is 0 Å². The predicted octanol–water partition coefficient (Wildman–Crippen LogP) is 5.10. The average Bonchev–Trinajstić information content (AvgIpc) is 2.58. The minimum absolute atomic E-state index is 0.293. The van der Waals surface area contributed by atoms with E-state index < -0.39 is 6.04 Å². The van der Waals surface area contributed by atoms with Gasteiger partial charge in [-0.25, -0.2) is 0 Å². The average molecular weight is 404 g/mol. The minimum Gasteiger partial charge on any atom is -0.495 e. The van der Waals surface area contributed by atoms with Crippen molar-refractivity contribution >= 4 is 52.1 Å². The molecule has 25 heavy (non-hydrogen) atoms. The van der Waals surface area contributed by atoms with Crippen LogP contribution in [0.2, 0.25) is 15.1 Å². The molecule has 5 nitrogen and oxygen atoms in total. The maximum absolute atomic E-state index is 12.4. The fraction of sp³-hybridized carbons (Fsp3) is 0.235. The molecule has 0 fully saturated rings. The number of amides is 1. The molecule has 2 aromatic carbocycles. The maximum atomic E-state index is 12.4. The molecule has 2 rings (SSSR count). The first-order chi connectivity index (χ1) is 11.8. The Bertz CT molecular complexity index is 784. The van der Waals surface area contributed by atoms with E-state index in [-0.39, 0.29) is 5.91 Å². The van der Waals surface area contributed by atoms with E-state index in [1.807, 2.05) is 0 Å². The number of hydrogen-bond acceptors (Lipinski definition) is 4. The Hall–Kier alpha value is -1.82. The zero-order valence-corrected chi connectivity index (χ0v) is 16.1. The van der Waals surface area contributed by atoms with E-state index in [4.69, 9.17) is 44.3 Å². The van der Waals surface area contributed by atoms with Gasteiger partial charge in [-0.1, -0.05) is 34.8 Å². The van der Waals surface area contributed by atoms with Gasteiger partial charge in [0.1, 0.15) is 17.5 Å². The summed E-state index contributed by atoms with van der Waals surface area (Å²) in [7, 11) is 3.03. The molecule has 0 radical (unpaired) electrons. The molecule has 1 unspecified atom stereocenters. The topological polar surface area (TPSA) is 59.6 Å². The molecule has 134 valence electrons. The molecule has 2 aromatic rings. The number of carbonyl (C=O) groups is 1. The molecule has 2 N–H and O–H groups in total. The van der Waals surface area contributed by atoms with Gasteiger partial charge >= 0.3 is 0 Å². The molecule has 0 spiro atoms. The quantitative estimate of drug-likeness (QED) is 0.704. The van der Waals surface area contributed by atoms with Gasteiger partial charge < -0.3 is 20.1 Å². The van der Waals surface area contributed by atoms with Crippen LogP contribution in [0.1, 0.15) is 6.92 Å². The van der Waals surface area contributed by atoms with E-state index in [2.05, 4.69) is 10.6 Å². The molecule has 8 heteroatoms. The Labute approximate surface area is 161 Å². The number of nitrogens with one attached hydrogen (secondary N) is 2. The molecule has 0 aliphatic carbocycles. The summed E-state index contributed by atoms with van der Waals surface area (Å²) in [5.41, 5.74) is 1.00. The number of methoxy groups -OCH3 is 2. The van der Waals surface area contributed by atoms with Crippen molar-refractivity contribution in [3.8, 4) is 11.5 Å². The SMILES string of the molecule is COc1cc(OC)c(NC(C)C(=O)Nc2cc(Cl)ccc2Cl)cc1Cl. The fourth-order valence-corrected chi connectivity index (χ4v) is 2.68. The van der Waals surface area contributed by atoms with Gasteiger partial charge in [0.2, 0.25) is 5.91 Å². The van der Waals surface area contributed by atoms with Gasteiger partial charge in [-0.3, -0.25) is 4.79 Å². The van der Waals surface area contributed by atoms with Crippen LogP contribution in [-0.4, -0.2) is 26.2 Å². The molecular weight excluding hydrogens is 387 g/mol. The summed E-state index contributed by atoms with van der Waals surface area (Å²) in [6.45, 7) is 1.70. The smallest absolute Gasteiger partial charge is 0.246 e. The van der Waals surface area contributed by atoms with Gasteiger partial charge in [-0.2, -0.15) is 0 Å². The first-order valence-electron chi connectivity index (χ1n) is 7.29. The van der Waals surface area contributed by atoms with E-state index in [0.717, 1.165) is 0 Å². The minimum atomic E-state index is -0.589. The van der Waals surface area contributed by atoms with Gasteiger partial charge in [0.05, 0.1) is 35.6 Å². The molecule has 0 heterocycles. The van der Waals surface area contributed by atoms with Crippen LogP contribution in [0.25, 0.3) is 0 Å². The summed E-state index contributed by atoms with van der Waals surface area (Å²) >= 11 is 18.1. The lowest BCUT2D eigenvalue weighted by Gasteiger charge is -2.19. The standard InChI is InChI=1S/C17H17Cl3N2O3/c1-9(17(23)22-13-6-10(18)4-5-11(13)19)21-14-7-12(20)15(24-2)8-16(14)25-3/h4-9,21H,1-3H3,(H,22,23). The lowest BCUT2D eigenvalue weighted by Crippen LogP contribution is -2.32. The number of benzene rings is 2. The summed E-state index contributed by atoms with van der Waals surface area (Å²) in [6.07, 6.45) is 0. The first-order valence-corrected chi connectivity index (χ1v) is 8.43. The van der Waals surface area contributed by atoms with Crippen molar-refractivity contribution in [2.75, 3.05) is 24.9 Å². The highest BCUT2D eigenvalue weighted by Gasteiger charge is 2.18.